The van der Waals surface area contributed by atoms with Crippen LogP contribution in [0.4, 0.5) is 20.3 Å². The van der Waals surface area contributed by atoms with Crippen LogP contribution < -0.4 is 16.6 Å². The average Bonchev–Trinajstić information content (AvgIpc) is 2.37. The molecule has 0 unspecified atom stereocenters. The van der Waals surface area contributed by atoms with Crippen LogP contribution >= 0.6 is 0 Å². The molecule has 1 amide bonds. The predicted octanol–water partition coefficient (Wildman–Crippen LogP) is 1.90. The number of pyridine rings is 1. The normalized spacial score (nSPS) is 10.1. The van der Waals surface area contributed by atoms with Crippen LogP contribution in [0.2, 0.25) is 0 Å². The molecule has 0 aliphatic carbocycles. The van der Waals surface area contributed by atoms with E-state index < -0.39 is 17.5 Å². The molecule has 1 aromatic carbocycles. The first-order chi connectivity index (χ1) is 9.10. The Bertz CT molecular complexity index is 598. The topological polar surface area (TPSA) is 80.0 Å². The summed E-state index contributed by atoms with van der Waals surface area (Å²) in [6, 6.07) is 5.75. The van der Waals surface area contributed by atoms with Crippen LogP contribution in [-0.2, 0) is 0 Å². The number of amides is 1. The highest BCUT2D eigenvalue weighted by atomic mass is 19.1. The number of benzene rings is 1. The van der Waals surface area contributed by atoms with Gasteiger partial charge in [0.25, 0.3) is 5.91 Å². The fourth-order valence-corrected chi connectivity index (χ4v) is 1.53. The van der Waals surface area contributed by atoms with Gasteiger partial charge in [0, 0.05) is 18.0 Å². The molecular formula is C12H10F2N4O. The molecule has 0 saturated carbocycles. The summed E-state index contributed by atoms with van der Waals surface area (Å²) in [5.74, 6) is 3.25. The molecule has 0 aliphatic rings. The van der Waals surface area contributed by atoms with E-state index in [2.05, 4.69) is 15.7 Å². The summed E-state index contributed by atoms with van der Waals surface area (Å²) < 4.78 is 26.0. The van der Waals surface area contributed by atoms with Gasteiger partial charge >= 0.3 is 0 Å². The predicted molar refractivity (Wildman–Crippen MR) is 66.4 cm³/mol. The molecular weight excluding hydrogens is 254 g/mol. The number of nitrogen functional groups attached to an aromatic ring is 1. The summed E-state index contributed by atoms with van der Waals surface area (Å²) in [5, 5.41) is 2.36. The standard InChI is InChI=1S/C12H10F2N4O/c13-7-4-8(14)6-9(5-7)17-12(19)10-2-1-3-16-11(10)18-15/h1-6H,15H2,(H,16,18)(H,17,19). The number of aromatic nitrogens is 1. The molecule has 1 aromatic heterocycles. The quantitative estimate of drug-likeness (QED) is 0.584. The molecule has 0 fully saturated rings. The smallest absolute Gasteiger partial charge is 0.259 e. The van der Waals surface area contributed by atoms with Gasteiger partial charge in [-0.15, -0.1) is 0 Å². The molecule has 0 saturated heterocycles. The monoisotopic (exact) mass is 264 g/mol. The van der Waals surface area contributed by atoms with Gasteiger partial charge in [-0.3, -0.25) is 4.79 Å². The highest BCUT2D eigenvalue weighted by Crippen LogP contribution is 2.16. The lowest BCUT2D eigenvalue weighted by molar-refractivity contribution is 0.102. The molecule has 98 valence electrons. The molecule has 0 spiro atoms. The lowest BCUT2D eigenvalue weighted by Crippen LogP contribution is -2.18. The van der Waals surface area contributed by atoms with Crippen molar-refractivity contribution >= 4 is 17.4 Å². The molecule has 19 heavy (non-hydrogen) atoms. The molecule has 4 N–H and O–H groups in total. The summed E-state index contributed by atoms with van der Waals surface area (Å²) in [6.07, 6.45) is 1.45. The molecule has 2 aromatic rings. The minimum Gasteiger partial charge on any atom is -0.322 e. The van der Waals surface area contributed by atoms with Gasteiger partial charge in [-0.1, -0.05) is 0 Å². The first-order valence-electron chi connectivity index (χ1n) is 5.29. The second kappa shape index (κ2) is 5.40. The van der Waals surface area contributed by atoms with E-state index in [1.54, 1.807) is 6.07 Å². The van der Waals surface area contributed by atoms with Crippen LogP contribution in [0.1, 0.15) is 10.4 Å². The number of nitrogens with two attached hydrogens (primary N) is 1. The summed E-state index contributed by atoms with van der Waals surface area (Å²) in [4.78, 5) is 15.8. The van der Waals surface area contributed by atoms with Crippen molar-refractivity contribution in [2.45, 2.75) is 0 Å². The Kier molecular flexibility index (Phi) is 3.67. The maximum Gasteiger partial charge on any atom is 0.259 e. The van der Waals surface area contributed by atoms with Gasteiger partial charge in [-0.05, 0) is 24.3 Å². The van der Waals surface area contributed by atoms with E-state index >= 15 is 0 Å². The third-order valence-electron chi connectivity index (χ3n) is 2.31. The zero-order valence-corrected chi connectivity index (χ0v) is 9.65. The van der Waals surface area contributed by atoms with Crippen LogP contribution in [0.15, 0.2) is 36.5 Å². The van der Waals surface area contributed by atoms with Crippen molar-refractivity contribution in [3.05, 3.63) is 53.7 Å². The van der Waals surface area contributed by atoms with Crippen LogP contribution in [-0.4, -0.2) is 10.9 Å². The Morgan fingerprint density at radius 1 is 1.21 bits per heavy atom. The van der Waals surface area contributed by atoms with E-state index in [-0.39, 0.29) is 17.1 Å². The van der Waals surface area contributed by atoms with Gasteiger partial charge in [0.1, 0.15) is 11.6 Å². The summed E-state index contributed by atoms with van der Waals surface area (Å²) in [6.45, 7) is 0. The van der Waals surface area contributed by atoms with E-state index in [1.807, 2.05) is 0 Å². The molecule has 5 nitrogen and oxygen atoms in total. The number of carbonyl (C=O) groups excluding carboxylic acids is 1. The van der Waals surface area contributed by atoms with Crippen molar-refractivity contribution in [1.82, 2.24) is 4.98 Å². The van der Waals surface area contributed by atoms with E-state index in [1.165, 1.54) is 12.3 Å². The Balaban J connectivity index is 2.25. The fraction of sp³-hybridized carbons (Fsp3) is 0. The lowest BCUT2D eigenvalue weighted by Gasteiger charge is -2.08. The number of halogens is 2. The van der Waals surface area contributed by atoms with E-state index in [0.29, 0.717) is 6.07 Å². The largest absolute Gasteiger partial charge is 0.322 e. The van der Waals surface area contributed by atoms with Gasteiger partial charge in [0.15, 0.2) is 5.82 Å². The van der Waals surface area contributed by atoms with Gasteiger partial charge < -0.3 is 10.7 Å². The number of hydrogen-bond donors (Lipinski definition) is 3. The number of hydrazine groups is 1. The summed E-state index contributed by atoms with van der Waals surface area (Å²) in [5.41, 5.74) is 2.44. The fourth-order valence-electron chi connectivity index (χ4n) is 1.53. The number of nitrogens with one attached hydrogen (secondary N) is 2. The van der Waals surface area contributed by atoms with Gasteiger partial charge in [-0.25, -0.2) is 19.6 Å². The second-order valence-electron chi connectivity index (χ2n) is 3.66. The summed E-state index contributed by atoms with van der Waals surface area (Å²) in [7, 11) is 0. The van der Waals surface area contributed by atoms with Crippen molar-refractivity contribution in [2.24, 2.45) is 5.84 Å². The molecule has 0 radical (unpaired) electrons. The molecule has 1 heterocycles. The van der Waals surface area contributed by atoms with Crippen molar-refractivity contribution in [3.8, 4) is 0 Å². The molecule has 0 atom stereocenters. The average molecular weight is 264 g/mol. The van der Waals surface area contributed by atoms with Gasteiger partial charge in [0.05, 0.1) is 5.56 Å². The zero-order valence-electron chi connectivity index (χ0n) is 9.65. The van der Waals surface area contributed by atoms with Crippen molar-refractivity contribution < 1.29 is 13.6 Å². The van der Waals surface area contributed by atoms with Crippen LogP contribution in [0.5, 0.6) is 0 Å². The first-order valence-corrected chi connectivity index (χ1v) is 5.29. The Morgan fingerprint density at radius 2 is 1.89 bits per heavy atom. The van der Waals surface area contributed by atoms with Crippen LogP contribution in [0.25, 0.3) is 0 Å². The number of nitrogens with zero attached hydrogens (tertiary/aromatic N) is 1. The number of anilines is 2. The number of carbonyl (C=O) groups is 1. The highest BCUT2D eigenvalue weighted by molar-refractivity contribution is 6.07. The number of rotatable bonds is 3. The molecule has 2 rings (SSSR count). The molecule has 7 heteroatoms. The maximum absolute atomic E-state index is 13.0. The third kappa shape index (κ3) is 3.02. The molecule has 0 aliphatic heterocycles. The lowest BCUT2D eigenvalue weighted by atomic mass is 10.2. The van der Waals surface area contributed by atoms with Gasteiger partial charge in [0.2, 0.25) is 0 Å². The maximum atomic E-state index is 13.0. The number of hydrogen-bond acceptors (Lipinski definition) is 4. The third-order valence-corrected chi connectivity index (χ3v) is 2.31. The second-order valence-corrected chi connectivity index (χ2v) is 3.66. The Morgan fingerprint density at radius 3 is 2.53 bits per heavy atom. The minimum atomic E-state index is -0.779. The Labute approximate surface area is 107 Å². The molecule has 0 bridgehead atoms. The van der Waals surface area contributed by atoms with Crippen molar-refractivity contribution in [3.63, 3.8) is 0 Å². The van der Waals surface area contributed by atoms with Crippen LogP contribution in [0, 0.1) is 11.6 Å². The SMILES string of the molecule is NNc1ncccc1C(=O)Nc1cc(F)cc(F)c1. The van der Waals surface area contributed by atoms with Crippen molar-refractivity contribution in [1.29, 1.82) is 0 Å². The van der Waals surface area contributed by atoms with Gasteiger partial charge in [-0.2, -0.15) is 0 Å². The summed E-state index contributed by atoms with van der Waals surface area (Å²) >= 11 is 0. The van der Waals surface area contributed by atoms with E-state index in [4.69, 9.17) is 5.84 Å². The first kappa shape index (κ1) is 12.9. The van der Waals surface area contributed by atoms with Crippen LogP contribution in [0.3, 0.4) is 0 Å². The zero-order chi connectivity index (χ0) is 13.8. The van der Waals surface area contributed by atoms with Crippen molar-refractivity contribution in [2.75, 3.05) is 10.7 Å². The minimum absolute atomic E-state index is 0.00863. The highest BCUT2D eigenvalue weighted by Gasteiger charge is 2.12. The van der Waals surface area contributed by atoms with E-state index in [0.717, 1.165) is 12.1 Å². The van der Waals surface area contributed by atoms with E-state index in [9.17, 15) is 13.6 Å². The Hall–Kier alpha value is -2.54.